The molecule has 1 aromatic carbocycles. The van der Waals surface area contributed by atoms with Crippen LogP contribution in [0.1, 0.15) is 37.9 Å². The Labute approximate surface area is 198 Å². The van der Waals surface area contributed by atoms with Gasteiger partial charge in [0, 0.05) is 29.8 Å². The normalized spacial score (nSPS) is 19.6. The van der Waals surface area contributed by atoms with E-state index in [1.165, 1.54) is 35.6 Å². The number of para-hydroxylation sites is 1. The first-order valence-corrected chi connectivity index (χ1v) is 12.3. The molecule has 8 nitrogen and oxygen atoms in total. The minimum absolute atomic E-state index is 0.0290. The molecule has 0 atom stereocenters. The molecule has 3 heterocycles. The number of thiazole rings is 1. The highest BCUT2D eigenvalue weighted by molar-refractivity contribution is 8.18. The van der Waals surface area contributed by atoms with Gasteiger partial charge in [-0.15, -0.1) is 11.3 Å². The summed E-state index contributed by atoms with van der Waals surface area (Å²) in [6.07, 6.45) is 8.68. The fourth-order valence-electron chi connectivity index (χ4n) is 4.12. The monoisotopic (exact) mass is 480 g/mol. The molecule has 1 amide bonds. The van der Waals surface area contributed by atoms with Crippen LogP contribution in [0.5, 0.6) is 0 Å². The maximum atomic E-state index is 13.4. The van der Waals surface area contributed by atoms with Crippen LogP contribution in [0, 0.1) is 10.1 Å². The Bertz CT molecular complexity index is 1240. The Morgan fingerprint density at radius 3 is 2.76 bits per heavy atom. The van der Waals surface area contributed by atoms with Gasteiger partial charge in [-0.25, -0.2) is 4.98 Å². The molecule has 1 saturated carbocycles. The number of furan rings is 1. The first kappa shape index (κ1) is 21.6. The van der Waals surface area contributed by atoms with Crippen molar-refractivity contribution < 1.29 is 14.1 Å². The average molecular weight is 481 g/mol. The van der Waals surface area contributed by atoms with Gasteiger partial charge in [-0.05, 0) is 42.8 Å². The zero-order valence-corrected chi connectivity index (χ0v) is 19.2. The van der Waals surface area contributed by atoms with Crippen LogP contribution < -0.4 is 0 Å². The van der Waals surface area contributed by atoms with Gasteiger partial charge in [0.2, 0.25) is 5.13 Å². The second-order valence-electron chi connectivity index (χ2n) is 7.76. The summed E-state index contributed by atoms with van der Waals surface area (Å²) in [6.45, 7) is 0. The van der Waals surface area contributed by atoms with Gasteiger partial charge in [-0.2, -0.15) is 4.99 Å². The van der Waals surface area contributed by atoms with Crippen LogP contribution in [-0.2, 0) is 4.79 Å². The van der Waals surface area contributed by atoms with Crippen molar-refractivity contribution in [2.24, 2.45) is 4.99 Å². The Balaban J connectivity index is 1.46. The summed E-state index contributed by atoms with van der Waals surface area (Å²) in [6, 6.07) is 9.95. The van der Waals surface area contributed by atoms with E-state index in [-0.39, 0.29) is 17.6 Å². The second-order valence-corrected chi connectivity index (χ2v) is 9.65. The van der Waals surface area contributed by atoms with Crippen molar-refractivity contribution in [1.29, 1.82) is 0 Å². The van der Waals surface area contributed by atoms with Gasteiger partial charge in [0.15, 0.2) is 5.17 Å². The second kappa shape index (κ2) is 9.32. The molecule has 0 spiro atoms. The Morgan fingerprint density at radius 2 is 2.00 bits per heavy atom. The quantitative estimate of drug-likeness (QED) is 0.243. The summed E-state index contributed by atoms with van der Waals surface area (Å²) in [5.74, 6) is 0.745. The molecule has 5 rings (SSSR count). The lowest BCUT2D eigenvalue weighted by Crippen LogP contribution is -2.40. The Morgan fingerprint density at radius 1 is 1.18 bits per heavy atom. The number of amides is 1. The maximum absolute atomic E-state index is 13.4. The first-order valence-electron chi connectivity index (χ1n) is 10.6. The number of carbonyl (C=O) groups excluding carboxylic acids is 1. The first-order chi connectivity index (χ1) is 16.1. The van der Waals surface area contributed by atoms with Gasteiger partial charge >= 0.3 is 0 Å². The number of aromatic nitrogens is 1. The zero-order valence-electron chi connectivity index (χ0n) is 17.5. The van der Waals surface area contributed by atoms with Crippen molar-refractivity contribution in [3.63, 3.8) is 0 Å². The van der Waals surface area contributed by atoms with E-state index in [4.69, 9.17) is 4.42 Å². The van der Waals surface area contributed by atoms with Gasteiger partial charge in [-0.1, -0.05) is 31.4 Å². The SMILES string of the molecule is O=C1/C(=C\c2ccc(-c3ccccc3[N+](=O)[O-])o2)S/C(=N/c2nccs2)N1C1CCCCC1. The molecule has 0 N–H and O–H groups in total. The molecule has 0 radical (unpaired) electrons. The van der Waals surface area contributed by atoms with Crippen molar-refractivity contribution in [1.82, 2.24) is 9.88 Å². The highest BCUT2D eigenvalue weighted by Gasteiger charge is 2.39. The van der Waals surface area contributed by atoms with Crippen molar-refractivity contribution >= 4 is 51.1 Å². The molecule has 10 heteroatoms. The van der Waals surface area contributed by atoms with Crippen LogP contribution in [0.2, 0.25) is 0 Å². The maximum Gasteiger partial charge on any atom is 0.280 e. The summed E-state index contributed by atoms with van der Waals surface area (Å²) in [5, 5.41) is 14.5. The minimum atomic E-state index is -0.435. The van der Waals surface area contributed by atoms with Crippen LogP contribution in [0.4, 0.5) is 10.8 Å². The molecule has 2 fully saturated rings. The highest BCUT2D eigenvalue weighted by Crippen LogP contribution is 2.39. The molecule has 1 aliphatic heterocycles. The molecule has 33 heavy (non-hydrogen) atoms. The molecule has 0 bridgehead atoms. The van der Waals surface area contributed by atoms with Crippen LogP contribution in [0.15, 0.2) is 62.3 Å². The Kier molecular flexibility index (Phi) is 6.10. The number of aliphatic imine (C=N–C) groups is 1. The number of nitrogens with zero attached hydrogens (tertiary/aromatic N) is 4. The number of amidine groups is 1. The molecule has 1 aliphatic carbocycles. The molecule has 168 valence electrons. The summed E-state index contributed by atoms with van der Waals surface area (Å²) in [5.41, 5.74) is 0.367. The van der Waals surface area contributed by atoms with Crippen molar-refractivity contribution in [3.8, 4) is 11.3 Å². The summed E-state index contributed by atoms with van der Waals surface area (Å²) >= 11 is 2.74. The van der Waals surface area contributed by atoms with Crippen LogP contribution in [0.25, 0.3) is 17.4 Å². The van der Waals surface area contributed by atoms with Crippen molar-refractivity contribution in [2.45, 2.75) is 38.1 Å². The number of hydrogen-bond acceptors (Lipinski definition) is 8. The smallest absolute Gasteiger partial charge is 0.280 e. The zero-order chi connectivity index (χ0) is 22.8. The van der Waals surface area contributed by atoms with Gasteiger partial charge < -0.3 is 4.42 Å². The van der Waals surface area contributed by atoms with Gasteiger partial charge in [0.25, 0.3) is 11.6 Å². The standard InChI is InChI=1S/C23H20N4O4S2/c28-21-20(14-16-10-11-19(31-16)17-8-4-5-9-18(17)27(29)30)33-23(25-22-24-12-13-32-22)26(21)15-6-2-1-3-7-15/h4-5,8-15H,1-3,6-7H2/b20-14+,25-23+. The number of carbonyl (C=O) groups is 1. The van der Waals surface area contributed by atoms with Gasteiger partial charge in [0.1, 0.15) is 11.5 Å². The molecule has 3 aromatic rings. The number of nitro benzene ring substituents is 1. The minimum Gasteiger partial charge on any atom is -0.456 e. The van der Waals surface area contributed by atoms with Crippen LogP contribution in [-0.4, -0.2) is 31.9 Å². The summed E-state index contributed by atoms with van der Waals surface area (Å²) in [7, 11) is 0. The number of hydrogen-bond donors (Lipinski definition) is 0. The van der Waals surface area contributed by atoms with Crippen LogP contribution >= 0.6 is 23.1 Å². The Hall–Kier alpha value is -3.24. The highest BCUT2D eigenvalue weighted by atomic mass is 32.2. The number of thioether (sulfide) groups is 1. The molecule has 1 saturated heterocycles. The average Bonchev–Trinajstić information content (AvgIpc) is 3.57. The van der Waals surface area contributed by atoms with E-state index in [0.29, 0.717) is 32.3 Å². The van der Waals surface area contributed by atoms with E-state index in [0.717, 1.165) is 25.7 Å². The van der Waals surface area contributed by atoms with E-state index in [9.17, 15) is 14.9 Å². The predicted octanol–water partition coefficient (Wildman–Crippen LogP) is 6.25. The molecule has 2 aromatic heterocycles. The van der Waals surface area contributed by atoms with Crippen molar-refractivity contribution in [2.75, 3.05) is 0 Å². The lowest BCUT2D eigenvalue weighted by atomic mass is 9.94. The van der Waals surface area contributed by atoms with Gasteiger partial charge in [-0.3, -0.25) is 19.8 Å². The summed E-state index contributed by atoms with van der Waals surface area (Å²) < 4.78 is 5.88. The van der Waals surface area contributed by atoms with E-state index in [2.05, 4.69) is 9.98 Å². The third-order valence-electron chi connectivity index (χ3n) is 5.65. The fraction of sp³-hybridized carbons (Fsp3) is 0.261. The van der Waals surface area contributed by atoms with E-state index in [1.807, 2.05) is 10.3 Å². The molecule has 0 unspecified atom stereocenters. The number of nitro groups is 1. The predicted molar refractivity (Wildman–Crippen MR) is 129 cm³/mol. The molecule has 2 aliphatic rings. The third kappa shape index (κ3) is 4.49. The molecular formula is C23H20N4O4S2. The van der Waals surface area contributed by atoms with Crippen LogP contribution in [0.3, 0.4) is 0 Å². The summed E-state index contributed by atoms with van der Waals surface area (Å²) in [4.78, 5) is 35.5. The topological polar surface area (TPSA) is 102 Å². The van der Waals surface area contributed by atoms with E-state index < -0.39 is 4.92 Å². The third-order valence-corrected chi connectivity index (χ3v) is 7.30. The molecular weight excluding hydrogens is 460 g/mol. The van der Waals surface area contributed by atoms with Gasteiger partial charge in [0.05, 0.1) is 15.4 Å². The lowest BCUT2D eigenvalue weighted by Gasteiger charge is -2.30. The van der Waals surface area contributed by atoms with E-state index in [1.54, 1.807) is 42.6 Å². The van der Waals surface area contributed by atoms with E-state index >= 15 is 0 Å². The largest absolute Gasteiger partial charge is 0.456 e. The van der Waals surface area contributed by atoms with Crippen molar-refractivity contribution in [3.05, 3.63) is 68.8 Å². The lowest BCUT2D eigenvalue weighted by molar-refractivity contribution is -0.384. The fourth-order valence-corrected chi connectivity index (χ4v) is 5.71. The number of benzene rings is 1. The number of rotatable bonds is 5.